The first-order chi connectivity index (χ1) is 21.1. The van der Waals surface area contributed by atoms with Crippen molar-refractivity contribution in [1.82, 2.24) is 24.8 Å². The number of carbonyl (C=O) groups excluding carboxylic acids is 1. The number of hydrogen-bond acceptors (Lipinski definition) is 8. The zero-order chi connectivity index (χ0) is 31.1. The smallest absolute Gasteiger partial charge is 0.261 e. The number of imidazole rings is 1. The fraction of sp³-hybridized carbons (Fsp3) is 0.367. The molecule has 0 bridgehead atoms. The number of amides is 1. The predicted molar refractivity (Wildman–Crippen MR) is 160 cm³/mol. The van der Waals surface area contributed by atoms with Crippen LogP contribution in [0.2, 0.25) is 5.02 Å². The van der Waals surface area contributed by atoms with Crippen molar-refractivity contribution in [3.63, 3.8) is 0 Å². The van der Waals surface area contributed by atoms with Crippen LogP contribution in [0.25, 0.3) is 22.4 Å². The normalized spacial score (nSPS) is 16.4. The number of carbonyl (C=O) groups is 1. The van der Waals surface area contributed by atoms with E-state index in [1.807, 2.05) is 11.0 Å². The lowest BCUT2D eigenvalue weighted by molar-refractivity contribution is 0.0617. The highest BCUT2D eigenvalue weighted by atomic mass is 35.5. The van der Waals surface area contributed by atoms with E-state index >= 15 is 0 Å². The summed E-state index contributed by atoms with van der Waals surface area (Å²) >= 11 is 5.88. The number of methoxy groups -OCH3 is 1. The van der Waals surface area contributed by atoms with Crippen LogP contribution < -0.4 is 20.3 Å². The first-order valence-corrected chi connectivity index (χ1v) is 14.5. The van der Waals surface area contributed by atoms with Gasteiger partial charge < -0.3 is 39.7 Å². The molecule has 2 aliphatic rings. The van der Waals surface area contributed by atoms with Crippen molar-refractivity contribution < 1.29 is 28.2 Å². The van der Waals surface area contributed by atoms with Gasteiger partial charge in [-0.25, -0.2) is 13.8 Å². The molecule has 0 unspecified atom stereocenters. The average Bonchev–Trinajstić information content (AvgIpc) is 3.56. The zero-order valence-corrected chi connectivity index (χ0v) is 24.8. The fourth-order valence-electron chi connectivity index (χ4n) is 5.72. The van der Waals surface area contributed by atoms with E-state index < -0.39 is 40.7 Å². The van der Waals surface area contributed by atoms with E-state index in [-0.39, 0.29) is 35.6 Å². The number of hydrogen-bond donors (Lipinski definition) is 4. The number of fused-ring (bicyclic) bond motifs is 2. The lowest BCUT2D eigenvalue weighted by Crippen LogP contribution is -2.43. The second-order valence-electron chi connectivity index (χ2n) is 11.0. The Labute approximate surface area is 255 Å². The molecular weight excluding hydrogens is 598 g/mol. The number of halogens is 3. The number of H-pyrrole nitrogens is 2. The number of piperidine rings is 1. The van der Waals surface area contributed by atoms with Crippen molar-refractivity contribution in [1.29, 1.82) is 0 Å². The van der Waals surface area contributed by atoms with Gasteiger partial charge in [0.1, 0.15) is 29.1 Å². The van der Waals surface area contributed by atoms with Gasteiger partial charge in [-0.1, -0.05) is 11.6 Å². The fourth-order valence-corrected chi connectivity index (χ4v) is 5.96. The summed E-state index contributed by atoms with van der Waals surface area (Å²) in [6, 6.07) is 6.28. The summed E-state index contributed by atoms with van der Waals surface area (Å²) in [6.45, 7) is 1.91. The molecule has 0 spiro atoms. The summed E-state index contributed by atoms with van der Waals surface area (Å²) in [5.41, 5.74) is 2.89. The van der Waals surface area contributed by atoms with E-state index in [9.17, 15) is 23.5 Å². The van der Waals surface area contributed by atoms with E-state index in [1.54, 1.807) is 12.1 Å². The second-order valence-corrected chi connectivity index (χ2v) is 11.4. The highest BCUT2D eigenvalue weighted by Crippen LogP contribution is 2.36. The minimum atomic E-state index is -1.19. The third-order valence-electron chi connectivity index (χ3n) is 8.12. The number of pyridine rings is 1. The Hall–Kier alpha value is -4.20. The Balaban J connectivity index is 1.17. The quantitative estimate of drug-likeness (QED) is 0.206. The molecule has 11 nitrogen and oxygen atoms in total. The number of aliphatic hydroxyl groups is 1. The predicted octanol–water partition coefficient (Wildman–Crippen LogP) is 3.76. The van der Waals surface area contributed by atoms with Gasteiger partial charge in [0.05, 0.1) is 23.8 Å². The van der Waals surface area contributed by atoms with Crippen molar-refractivity contribution in [2.45, 2.75) is 31.5 Å². The molecule has 1 amide bonds. The SMILES string of the molecule is COc1cc(F)c(OC[C@H](O)CNc2cc[nH]c(=O)c2-c2nc3cc4c(cc3[nH]2)C(=O)N(C2CCN(C)CC2)C4)c(Cl)c1F. The maximum absolute atomic E-state index is 14.3. The molecule has 2 aliphatic heterocycles. The number of aromatic amines is 2. The minimum absolute atomic E-state index is 0.00210. The standard InChI is InChI=1S/C30H31ClF2N6O5/c1-38-7-4-16(5-8-38)39-13-15-9-21-22(10-18(15)30(39)42)37-28(36-21)24-20(3-6-34-29(24)41)35-12-17(40)14-44-27-19(32)11-23(43-2)26(33)25(27)31/h3,6,9-11,16-17,40H,4-5,7-8,12-14H2,1-2H3,(H,36,37)(H2,34,35,41)/t17-/m1/s1. The van der Waals surface area contributed by atoms with Crippen LogP contribution in [0.1, 0.15) is 28.8 Å². The number of anilines is 1. The van der Waals surface area contributed by atoms with Gasteiger partial charge in [0.2, 0.25) is 0 Å². The van der Waals surface area contributed by atoms with Crippen molar-refractivity contribution in [2.24, 2.45) is 0 Å². The molecule has 2 aromatic heterocycles. The summed E-state index contributed by atoms with van der Waals surface area (Å²) in [6.07, 6.45) is 2.13. The number of nitrogens with one attached hydrogen (secondary N) is 3. The summed E-state index contributed by atoms with van der Waals surface area (Å²) in [4.78, 5) is 40.9. The Morgan fingerprint density at radius 1 is 1.23 bits per heavy atom. The van der Waals surface area contributed by atoms with Crippen LogP contribution in [0.15, 0.2) is 35.3 Å². The molecule has 232 valence electrons. The largest absolute Gasteiger partial charge is 0.494 e. The topological polar surface area (TPSA) is 136 Å². The molecule has 1 fully saturated rings. The Morgan fingerprint density at radius 3 is 2.75 bits per heavy atom. The van der Waals surface area contributed by atoms with E-state index in [0.717, 1.165) is 37.6 Å². The lowest BCUT2D eigenvalue weighted by atomic mass is 10.0. The van der Waals surface area contributed by atoms with Gasteiger partial charge in [0.25, 0.3) is 11.5 Å². The molecule has 14 heteroatoms. The van der Waals surface area contributed by atoms with Gasteiger partial charge in [-0.05, 0) is 56.7 Å². The molecule has 1 atom stereocenters. The first-order valence-electron chi connectivity index (χ1n) is 14.1. The molecule has 44 heavy (non-hydrogen) atoms. The van der Waals surface area contributed by atoms with Crippen molar-refractivity contribution >= 4 is 34.2 Å². The zero-order valence-electron chi connectivity index (χ0n) is 24.0. The van der Waals surface area contributed by atoms with E-state index in [2.05, 4.69) is 32.2 Å². The lowest BCUT2D eigenvalue weighted by Gasteiger charge is -2.34. The van der Waals surface area contributed by atoms with Gasteiger partial charge in [-0.2, -0.15) is 0 Å². The van der Waals surface area contributed by atoms with Crippen LogP contribution >= 0.6 is 11.6 Å². The third-order valence-corrected chi connectivity index (χ3v) is 8.45. The van der Waals surface area contributed by atoms with E-state index in [1.165, 1.54) is 13.3 Å². The van der Waals surface area contributed by atoms with E-state index in [4.69, 9.17) is 21.1 Å². The maximum atomic E-state index is 14.3. The molecule has 0 saturated carbocycles. The molecule has 1 saturated heterocycles. The highest BCUT2D eigenvalue weighted by Gasteiger charge is 2.34. The van der Waals surface area contributed by atoms with Crippen molar-refractivity contribution in [3.8, 4) is 22.9 Å². The van der Waals surface area contributed by atoms with E-state index in [0.29, 0.717) is 28.8 Å². The van der Waals surface area contributed by atoms with Crippen LogP contribution in [-0.2, 0) is 6.54 Å². The molecule has 4 aromatic rings. The van der Waals surface area contributed by atoms with Gasteiger partial charge in [-0.3, -0.25) is 9.59 Å². The molecule has 4 heterocycles. The molecule has 0 radical (unpaired) electrons. The molecule has 4 N–H and O–H groups in total. The van der Waals surface area contributed by atoms with Gasteiger partial charge in [0, 0.05) is 37.0 Å². The summed E-state index contributed by atoms with van der Waals surface area (Å²) in [5.74, 6) is -2.58. The van der Waals surface area contributed by atoms with Crippen molar-refractivity contribution in [3.05, 3.63) is 68.6 Å². The molecule has 6 rings (SSSR count). The number of ether oxygens (including phenoxy) is 2. The summed E-state index contributed by atoms with van der Waals surface area (Å²) in [7, 11) is 3.26. The minimum Gasteiger partial charge on any atom is -0.494 e. The number of rotatable bonds is 9. The average molecular weight is 629 g/mol. The Kier molecular flexibility index (Phi) is 8.18. The molecule has 2 aromatic carbocycles. The van der Waals surface area contributed by atoms with Gasteiger partial charge >= 0.3 is 0 Å². The van der Waals surface area contributed by atoms with Gasteiger partial charge in [0.15, 0.2) is 23.1 Å². The summed E-state index contributed by atoms with van der Waals surface area (Å²) in [5, 5.41) is 12.9. The number of aliphatic hydroxyl groups excluding tert-OH is 1. The maximum Gasteiger partial charge on any atom is 0.261 e. The first kappa shape index (κ1) is 29.9. The molecular formula is C30H31ClF2N6O5. The number of aromatic nitrogens is 3. The summed E-state index contributed by atoms with van der Waals surface area (Å²) < 4.78 is 38.6. The van der Waals surface area contributed by atoms with Crippen LogP contribution in [0.4, 0.5) is 14.5 Å². The number of likely N-dealkylation sites (tertiary alicyclic amines) is 1. The van der Waals surface area contributed by atoms with Crippen LogP contribution in [0.3, 0.4) is 0 Å². The van der Waals surface area contributed by atoms with Crippen molar-refractivity contribution in [2.75, 3.05) is 45.7 Å². The van der Waals surface area contributed by atoms with Crippen LogP contribution in [0, 0.1) is 11.6 Å². The van der Waals surface area contributed by atoms with Gasteiger partial charge in [-0.15, -0.1) is 0 Å². The second kappa shape index (κ2) is 12.1. The van der Waals surface area contributed by atoms with Crippen LogP contribution in [0.5, 0.6) is 11.5 Å². The Morgan fingerprint density at radius 2 is 2.00 bits per heavy atom. The molecule has 0 aliphatic carbocycles. The number of benzene rings is 2. The number of nitrogens with zero attached hydrogens (tertiary/aromatic N) is 3. The van der Waals surface area contributed by atoms with Crippen LogP contribution in [-0.4, -0.2) is 88.3 Å². The monoisotopic (exact) mass is 628 g/mol. The Bertz CT molecular complexity index is 1790. The third kappa shape index (κ3) is 5.58. The highest BCUT2D eigenvalue weighted by molar-refractivity contribution is 6.32.